The van der Waals surface area contributed by atoms with Crippen molar-refractivity contribution in [2.24, 2.45) is 7.05 Å². The van der Waals surface area contributed by atoms with Gasteiger partial charge in [-0.2, -0.15) is 0 Å². The fourth-order valence-corrected chi connectivity index (χ4v) is 6.48. The molecule has 0 spiro atoms. The lowest BCUT2D eigenvalue weighted by Crippen LogP contribution is -2.36. The molecular formula is C38H28ClN5. The van der Waals surface area contributed by atoms with Crippen molar-refractivity contribution >= 4 is 62.6 Å². The minimum Gasteiger partial charge on any atom is -0.343 e. The number of rotatable bonds is 5. The van der Waals surface area contributed by atoms with Gasteiger partial charge in [0.05, 0.1) is 16.7 Å². The van der Waals surface area contributed by atoms with E-state index >= 15 is 0 Å². The molecule has 0 saturated heterocycles. The number of aryl methyl sites for hydroxylation is 1. The number of aromatic nitrogens is 3. The number of hydrogen-bond acceptors (Lipinski definition) is 4. The van der Waals surface area contributed by atoms with E-state index in [0.717, 1.165) is 34.0 Å². The summed E-state index contributed by atoms with van der Waals surface area (Å²) in [4.78, 5) is 14.9. The third-order valence-corrected chi connectivity index (χ3v) is 8.51. The van der Waals surface area contributed by atoms with Gasteiger partial charge in [-0.15, -0.1) is 0 Å². The van der Waals surface area contributed by atoms with Crippen LogP contribution in [0.25, 0.3) is 39.3 Å². The van der Waals surface area contributed by atoms with E-state index in [1.165, 1.54) is 27.7 Å². The summed E-state index contributed by atoms with van der Waals surface area (Å²) in [5.41, 5.74) is 8.32. The van der Waals surface area contributed by atoms with Crippen LogP contribution in [0.4, 0.5) is 23.0 Å². The molecule has 2 aromatic heterocycles. The predicted molar refractivity (Wildman–Crippen MR) is 183 cm³/mol. The molecule has 0 N–H and O–H groups in total. The third-order valence-electron chi connectivity index (χ3n) is 8.27. The maximum Gasteiger partial charge on any atom is 0.179 e. The van der Waals surface area contributed by atoms with Gasteiger partial charge in [0.1, 0.15) is 6.17 Å². The van der Waals surface area contributed by atoms with E-state index in [2.05, 4.69) is 137 Å². The molecule has 0 aliphatic carbocycles. The van der Waals surface area contributed by atoms with Gasteiger partial charge in [-0.05, 0) is 60.2 Å². The predicted octanol–water partition coefficient (Wildman–Crippen LogP) is 9.77. The zero-order valence-corrected chi connectivity index (χ0v) is 24.8. The number of nitrogens with zero attached hydrogens (tertiary/aromatic N) is 5. The van der Waals surface area contributed by atoms with Crippen LogP contribution < -0.4 is 9.80 Å². The van der Waals surface area contributed by atoms with Gasteiger partial charge in [0, 0.05) is 39.9 Å². The maximum absolute atomic E-state index is 6.40. The Bertz CT molecular complexity index is 2160. The van der Waals surface area contributed by atoms with Crippen molar-refractivity contribution in [1.82, 2.24) is 14.5 Å². The Hall–Kier alpha value is -5.39. The summed E-state index contributed by atoms with van der Waals surface area (Å²) in [6.07, 6.45) is 4.29. The molecule has 6 heteroatoms. The second-order valence-electron chi connectivity index (χ2n) is 10.9. The SMILES string of the molecule is Cn1c(-c2ccccc2)c(C=CC2N(c3ccccc3)c3nc4ccc(Cl)cc4nc3N2c2ccccc2)c2ccccc21. The van der Waals surface area contributed by atoms with Gasteiger partial charge in [0.15, 0.2) is 11.6 Å². The van der Waals surface area contributed by atoms with Gasteiger partial charge in [0.2, 0.25) is 0 Å². The number of fused-ring (bicyclic) bond motifs is 3. The van der Waals surface area contributed by atoms with Crippen LogP contribution in [0.5, 0.6) is 0 Å². The van der Waals surface area contributed by atoms with Gasteiger partial charge in [0.25, 0.3) is 0 Å². The first-order chi connectivity index (χ1) is 21.7. The van der Waals surface area contributed by atoms with Crippen molar-refractivity contribution in [3.05, 3.63) is 150 Å². The lowest BCUT2D eigenvalue weighted by atomic mass is 10.0. The molecule has 5 aromatic carbocycles. The summed E-state index contributed by atoms with van der Waals surface area (Å²) in [6, 6.07) is 45.7. The average molecular weight is 590 g/mol. The van der Waals surface area contributed by atoms with Crippen LogP contribution in [0.15, 0.2) is 140 Å². The molecule has 5 nitrogen and oxygen atoms in total. The molecule has 212 valence electrons. The van der Waals surface area contributed by atoms with Gasteiger partial charge in [-0.25, -0.2) is 9.97 Å². The number of benzene rings is 5. The highest BCUT2D eigenvalue weighted by Gasteiger charge is 2.39. The van der Waals surface area contributed by atoms with Crippen LogP contribution >= 0.6 is 11.6 Å². The Morgan fingerprint density at radius 3 is 1.86 bits per heavy atom. The van der Waals surface area contributed by atoms with Crippen molar-refractivity contribution in [2.45, 2.75) is 6.17 Å². The molecule has 1 aliphatic rings. The molecule has 1 unspecified atom stereocenters. The highest BCUT2D eigenvalue weighted by atomic mass is 35.5. The van der Waals surface area contributed by atoms with Gasteiger partial charge in [-0.3, -0.25) is 9.80 Å². The largest absolute Gasteiger partial charge is 0.343 e. The summed E-state index contributed by atoms with van der Waals surface area (Å²) >= 11 is 6.40. The highest BCUT2D eigenvalue weighted by Crippen LogP contribution is 2.47. The van der Waals surface area contributed by atoms with E-state index in [0.29, 0.717) is 5.02 Å². The van der Waals surface area contributed by atoms with Gasteiger partial charge >= 0.3 is 0 Å². The Balaban J connectivity index is 1.37. The topological polar surface area (TPSA) is 37.2 Å². The number of anilines is 4. The van der Waals surface area contributed by atoms with E-state index in [-0.39, 0.29) is 6.17 Å². The molecule has 8 rings (SSSR count). The minimum absolute atomic E-state index is 0.246. The first-order valence-electron chi connectivity index (χ1n) is 14.6. The van der Waals surface area contributed by atoms with Crippen LogP contribution in [0.2, 0.25) is 5.02 Å². The van der Waals surface area contributed by atoms with Crippen molar-refractivity contribution in [3.8, 4) is 11.3 Å². The highest BCUT2D eigenvalue weighted by molar-refractivity contribution is 6.31. The van der Waals surface area contributed by atoms with Crippen LogP contribution in [0.3, 0.4) is 0 Å². The molecule has 1 aliphatic heterocycles. The quantitative estimate of drug-likeness (QED) is 0.200. The van der Waals surface area contributed by atoms with Crippen molar-refractivity contribution in [3.63, 3.8) is 0 Å². The zero-order chi connectivity index (χ0) is 29.6. The van der Waals surface area contributed by atoms with E-state index in [1.54, 1.807) is 0 Å². The Kier molecular flexibility index (Phi) is 6.39. The molecule has 3 heterocycles. The number of para-hydroxylation sites is 3. The first kappa shape index (κ1) is 26.3. The summed E-state index contributed by atoms with van der Waals surface area (Å²) < 4.78 is 2.29. The molecule has 1 atom stereocenters. The van der Waals surface area contributed by atoms with E-state index in [9.17, 15) is 0 Å². The molecular weight excluding hydrogens is 562 g/mol. The molecule has 0 saturated carbocycles. The number of hydrogen-bond donors (Lipinski definition) is 0. The fourth-order valence-electron chi connectivity index (χ4n) is 6.32. The molecule has 0 amide bonds. The van der Waals surface area contributed by atoms with E-state index in [4.69, 9.17) is 21.6 Å². The van der Waals surface area contributed by atoms with Crippen molar-refractivity contribution < 1.29 is 0 Å². The standard InChI is InChI=1S/C38H28ClN5/c1-42-34-20-12-11-19-30(34)31(36(42)26-13-5-2-6-14-26)22-24-35-43(28-15-7-3-8-16-28)37-38(44(35)29-17-9-4-10-18-29)41-33-25-27(39)21-23-32(33)40-37/h2-25,35H,1H3. The van der Waals surface area contributed by atoms with Crippen molar-refractivity contribution in [2.75, 3.05) is 9.80 Å². The van der Waals surface area contributed by atoms with Crippen LogP contribution in [0.1, 0.15) is 5.56 Å². The van der Waals surface area contributed by atoms with E-state index < -0.39 is 0 Å². The summed E-state index contributed by atoms with van der Waals surface area (Å²) in [7, 11) is 2.14. The van der Waals surface area contributed by atoms with E-state index in [1.807, 2.05) is 30.3 Å². The smallest absolute Gasteiger partial charge is 0.179 e. The Labute approximate surface area is 260 Å². The van der Waals surface area contributed by atoms with Crippen LogP contribution in [-0.4, -0.2) is 20.7 Å². The average Bonchev–Trinajstić information content (AvgIpc) is 3.54. The number of halogens is 1. The second kappa shape index (κ2) is 10.7. The molecule has 7 aromatic rings. The monoisotopic (exact) mass is 589 g/mol. The van der Waals surface area contributed by atoms with Gasteiger partial charge < -0.3 is 4.57 Å². The van der Waals surface area contributed by atoms with Crippen molar-refractivity contribution in [1.29, 1.82) is 0 Å². The molecule has 0 radical (unpaired) electrons. The second-order valence-corrected chi connectivity index (χ2v) is 11.3. The van der Waals surface area contributed by atoms with Crippen LogP contribution in [-0.2, 0) is 7.05 Å². The maximum atomic E-state index is 6.40. The Morgan fingerprint density at radius 1 is 0.636 bits per heavy atom. The normalized spacial score (nSPS) is 14.6. The summed E-state index contributed by atoms with van der Waals surface area (Å²) in [5, 5.41) is 1.84. The summed E-state index contributed by atoms with van der Waals surface area (Å²) in [6.45, 7) is 0. The molecule has 0 bridgehead atoms. The van der Waals surface area contributed by atoms with Gasteiger partial charge in [-0.1, -0.05) is 103 Å². The third kappa shape index (κ3) is 4.32. The summed E-state index contributed by atoms with van der Waals surface area (Å²) in [5.74, 6) is 1.58. The molecule has 44 heavy (non-hydrogen) atoms. The fraction of sp³-hybridized carbons (Fsp3) is 0.0526. The lowest BCUT2D eigenvalue weighted by Gasteiger charge is -2.30. The zero-order valence-electron chi connectivity index (χ0n) is 24.0. The minimum atomic E-state index is -0.246. The Morgan fingerprint density at radius 2 is 1.20 bits per heavy atom. The first-order valence-corrected chi connectivity index (χ1v) is 15.0. The lowest BCUT2D eigenvalue weighted by molar-refractivity contribution is 0.828. The molecule has 0 fully saturated rings. The van der Waals surface area contributed by atoms with Crippen LogP contribution in [0, 0.1) is 0 Å².